The fourth-order valence-corrected chi connectivity index (χ4v) is 3.81. The van der Waals surface area contributed by atoms with E-state index in [2.05, 4.69) is 47.5 Å². The molecule has 0 unspecified atom stereocenters. The van der Waals surface area contributed by atoms with Crippen LogP contribution in [0.25, 0.3) is 0 Å². The second-order valence-corrected chi connectivity index (χ2v) is 8.30. The van der Waals surface area contributed by atoms with Crippen LogP contribution in [0.4, 0.5) is 11.4 Å². The number of carbonyl (C=O) groups excluding carboxylic acids is 1. The number of hydrazone groups is 1. The number of hydrogen-bond acceptors (Lipinski definition) is 4. The van der Waals surface area contributed by atoms with Gasteiger partial charge in [-0.15, -0.1) is 0 Å². The standard InChI is InChI=1S/C26H28N4O/c1-18-12-22-16-30(17-23(22)13-19(18)2)25-7-5-6-21(14-25)26(31)28-27-15-20-8-10-24(11-9-20)29(3)4/h5-15H,16-17H2,1-4H3,(H,28,31)/b27-15+. The third-order valence-electron chi connectivity index (χ3n) is 5.80. The summed E-state index contributed by atoms with van der Waals surface area (Å²) in [7, 11) is 4.00. The molecule has 1 amide bonds. The third kappa shape index (κ3) is 4.61. The van der Waals surface area contributed by atoms with Crippen LogP contribution < -0.4 is 15.2 Å². The lowest BCUT2D eigenvalue weighted by molar-refractivity contribution is 0.0955. The van der Waals surface area contributed by atoms with E-state index in [1.54, 1.807) is 6.21 Å². The number of nitrogens with zero attached hydrogens (tertiary/aromatic N) is 3. The lowest BCUT2D eigenvalue weighted by Gasteiger charge is -2.18. The van der Waals surface area contributed by atoms with Gasteiger partial charge in [0.15, 0.2) is 0 Å². The SMILES string of the molecule is Cc1cc2c(cc1C)CN(c1cccc(C(=O)N/N=C/c3ccc(N(C)C)cc3)c1)C2. The number of aryl methyl sites for hydroxylation is 2. The van der Waals surface area contributed by atoms with E-state index in [1.807, 2.05) is 61.5 Å². The van der Waals surface area contributed by atoms with Crippen LogP contribution in [0, 0.1) is 13.8 Å². The highest BCUT2D eigenvalue weighted by atomic mass is 16.2. The Balaban J connectivity index is 1.41. The number of amides is 1. The smallest absolute Gasteiger partial charge is 0.271 e. The summed E-state index contributed by atoms with van der Waals surface area (Å²) in [5, 5.41) is 4.12. The molecule has 4 rings (SSSR count). The summed E-state index contributed by atoms with van der Waals surface area (Å²) in [5.41, 5.74) is 11.7. The van der Waals surface area contributed by atoms with Crippen LogP contribution in [-0.4, -0.2) is 26.2 Å². The molecule has 158 valence electrons. The fourth-order valence-electron chi connectivity index (χ4n) is 3.81. The Bertz CT molecular complexity index is 1100. The van der Waals surface area contributed by atoms with E-state index in [0.29, 0.717) is 5.56 Å². The van der Waals surface area contributed by atoms with Crippen molar-refractivity contribution in [2.45, 2.75) is 26.9 Å². The summed E-state index contributed by atoms with van der Waals surface area (Å²) in [5.74, 6) is -0.216. The van der Waals surface area contributed by atoms with Crippen LogP contribution in [0.2, 0.25) is 0 Å². The van der Waals surface area contributed by atoms with Gasteiger partial charge < -0.3 is 9.80 Å². The third-order valence-corrected chi connectivity index (χ3v) is 5.80. The lowest BCUT2D eigenvalue weighted by atomic mass is 10.0. The monoisotopic (exact) mass is 412 g/mol. The molecule has 0 fully saturated rings. The largest absolute Gasteiger partial charge is 0.378 e. The van der Waals surface area contributed by atoms with Crippen LogP contribution in [0.15, 0.2) is 65.8 Å². The summed E-state index contributed by atoms with van der Waals surface area (Å²) < 4.78 is 0. The molecule has 0 radical (unpaired) electrons. The van der Waals surface area contributed by atoms with Gasteiger partial charge in [-0.25, -0.2) is 5.43 Å². The molecule has 1 N–H and O–H groups in total. The first-order chi connectivity index (χ1) is 14.9. The Hall–Kier alpha value is -3.60. The van der Waals surface area contributed by atoms with Crippen molar-refractivity contribution in [2.75, 3.05) is 23.9 Å². The zero-order valence-electron chi connectivity index (χ0n) is 18.5. The van der Waals surface area contributed by atoms with E-state index in [-0.39, 0.29) is 5.91 Å². The van der Waals surface area contributed by atoms with E-state index in [0.717, 1.165) is 30.0 Å². The Kier molecular flexibility index (Phi) is 5.76. The highest BCUT2D eigenvalue weighted by molar-refractivity contribution is 5.95. The van der Waals surface area contributed by atoms with Gasteiger partial charge in [-0.3, -0.25) is 4.79 Å². The maximum absolute atomic E-state index is 12.6. The minimum atomic E-state index is -0.216. The fraction of sp³-hybridized carbons (Fsp3) is 0.231. The Morgan fingerprint density at radius 1 is 0.968 bits per heavy atom. The van der Waals surface area contributed by atoms with Crippen molar-refractivity contribution < 1.29 is 4.79 Å². The first-order valence-electron chi connectivity index (χ1n) is 10.5. The maximum Gasteiger partial charge on any atom is 0.271 e. The molecule has 1 aliphatic rings. The van der Waals surface area contributed by atoms with Gasteiger partial charge >= 0.3 is 0 Å². The number of benzene rings is 3. The van der Waals surface area contributed by atoms with Gasteiger partial charge in [0.2, 0.25) is 0 Å². The van der Waals surface area contributed by atoms with Crippen LogP contribution in [0.3, 0.4) is 0 Å². The Labute approximate surface area is 184 Å². The van der Waals surface area contributed by atoms with Gasteiger partial charge in [0, 0.05) is 44.1 Å². The van der Waals surface area contributed by atoms with Crippen molar-refractivity contribution in [3.8, 4) is 0 Å². The summed E-state index contributed by atoms with van der Waals surface area (Å²) in [6.07, 6.45) is 1.66. The van der Waals surface area contributed by atoms with Crippen molar-refractivity contribution in [3.05, 3.63) is 94.0 Å². The minimum absolute atomic E-state index is 0.216. The predicted molar refractivity (Wildman–Crippen MR) is 128 cm³/mol. The average Bonchev–Trinajstić information content (AvgIpc) is 3.17. The maximum atomic E-state index is 12.6. The highest BCUT2D eigenvalue weighted by Crippen LogP contribution is 2.30. The molecule has 0 aliphatic carbocycles. The number of hydrogen-bond donors (Lipinski definition) is 1. The van der Waals surface area contributed by atoms with E-state index in [4.69, 9.17) is 0 Å². The molecule has 5 heteroatoms. The molecular weight excluding hydrogens is 384 g/mol. The molecule has 5 nitrogen and oxygen atoms in total. The lowest BCUT2D eigenvalue weighted by Crippen LogP contribution is -2.19. The van der Waals surface area contributed by atoms with Gasteiger partial charge in [-0.05, 0) is 72.0 Å². The molecule has 0 spiro atoms. The van der Waals surface area contributed by atoms with E-state index >= 15 is 0 Å². The number of anilines is 2. The van der Waals surface area contributed by atoms with Gasteiger partial charge in [-0.1, -0.05) is 30.3 Å². The van der Waals surface area contributed by atoms with Crippen LogP contribution in [0.1, 0.15) is 38.2 Å². The molecular formula is C26H28N4O. The van der Waals surface area contributed by atoms with Crippen molar-refractivity contribution in [1.82, 2.24) is 5.43 Å². The summed E-state index contributed by atoms with van der Waals surface area (Å²) in [6.45, 7) is 6.03. The highest BCUT2D eigenvalue weighted by Gasteiger charge is 2.20. The van der Waals surface area contributed by atoms with Gasteiger partial charge in [0.1, 0.15) is 0 Å². The van der Waals surface area contributed by atoms with Crippen molar-refractivity contribution in [1.29, 1.82) is 0 Å². The first kappa shape index (κ1) is 20.7. The molecule has 0 bridgehead atoms. The zero-order chi connectivity index (χ0) is 22.0. The second-order valence-electron chi connectivity index (χ2n) is 8.30. The number of carbonyl (C=O) groups is 1. The second kappa shape index (κ2) is 8.64. The van der Waals surface area contributed by atoms with Crippen LogP contribution in [-0.2, 0) is 13.1 Å². The van der Waals surface area contributed by atoms with Crippen molar-refractivity contribution >= 4 is 23.5 Å². The van der Waals surface area contributed by atoms with Gasteiger partial charge in [0.25, 0.3) is 5.91 Å². The normalized spacial score (nSPS) is 12.8. The summed E-state index contributed by atoms with van der Waals surface area (Å²) >= 11 is 0. The first-order valence-corrected chi connectivity index (χ1v) is 10.5. The van der Waals surface area contributed by atoms with E-state index in [9.17, 15) is 4.79 Å². The zero-order valence-corrected chi connectivity index (χ0v) is 18.5. The molecule has 0 saturated carbocycles. The Morgan fingerprint density at radius 3 is 2.23 bits per heavy atom. The Morgan fingerprint density at radius 2 is 1.61 bits per heavy atom. The number of nitrogens with one attached hydrogen (secondary N) is 1. The quantitative estimate of drug-likeness (QED) is 0.490. The van der Waals surface area contributed by atoms with Crippen molar-refractivity contribution in [2.24, 2.45) is 5.10 Å². The molecule has 1 aliphatic heterocycles. The average molecular weight is 413 g/mol. The van der Waals surface area contributed by atoms with Crippen molar-refractivity contribution in [3.63, 3.8) is 0 Å². The molecule has 31 heavy (non-hydrogen) atoms. The molecule has 0 saturated heterocycles. The van der Waals surface area contributed by atoms with Gasteiger partial charge in [-0.2, -0.15) is 5.10 Å². The van der Waals surface area contributed by atoms with Crippen LogP contribution >= 0.6 is 0 Å². The van der Waals surface area contributed by atoms with Crippen LogP contribution in [0.5, 0.6) is 0 Å². The minimum Gasteiger partial charge on any atom is -0.378 e. The molecule has 0 aromatic heterocycles. The topological polar surface area (TPSA) is 47.9 Å². The summed E-state index contributed by atoms with van der Waals surface area (Å²) in [6, 6.07) is 20.3. The predicted octanol–water partition coefficient (Wildman–Crippen LogP) is 4.65. The van der Waals surface area contributed by atoms with E-state index in [1.165, 1.54) is 22.3 Å². The van der Waals surface area contributed by atoms with E-state index < -0.39 is 0 Å². The number of fused-ring (bicyclic) bond motifs is 1. The molecule has 1 heterocycles. The summed E-state index contributed by atoms with van der Waals surface area (Å²) in [4.78, 5) is 16.9. The molecule has 3 aromatic carbocycles. The van der Waals surface area contributed by atoms with Gasteiger partial charge in [0.05, 0.1) is 6.21 Å². The molecule has 0 atom stereocenters. The molecule has 3 aromatic rings. The number of rotatable bonds is 5.